The van der Waals surface area contributed by atoms with Crippen LogP contribution in [-0.2, 0) is 5.75 Å². The van der Waals surface area contributed by atoms with Gasteiger partial charge in [-0.25, -0.2) is 0 Å². The van der Waals surface area contributed by atoms with Crippen molar-refractivity contribution >= 4 is 11.8 Å². The predicted octanol–water partition coefficient (Wildman–Crippen LogP) is 2.98. The van der Waals surface area contributed by atoms with Crippen LogP contribution in [0, 0.1) is 6.92 Å². The molecule has 0 unspecified atom stereocenters. The molecule has 0 aliphatic carbocycles. The summed E-state index contributed by atoms with van der Waals surface area (Å²) in [5.74, 6) is 1.91. The van der Waals surface area contributed by atoms with Crippen LogP contribution in [0.2, 0.25) is 0 Å². The third kappa shape index (κ3) is 2.76. The quantitative estimate of drug-likeness (QED) is 0.809. The van der Waals surface area contributed by atoms with E-state index in [4.69, 9.17) is 9.63 Å². The van der Waals surface area contributed by atoms with Gasteiger partial charge in [-0.1, -0.05) is 5.16 Å². The van der Waals surface area contributed by atoms with Gasteiger partial charge >= 0.3 is 0 Å². The van der Waals surface area contributed by atoms with Crippen molar-refractivity contribution in [3.05, 3.63) is 41.8 Å². The Morgan fingerprint density at radius 1 is 1.33 bits per heavy atom. The minimum Gasteiger partial charge on any atom is -0.508 e. The lowest BCUT2D eigenvalue weighted by molar-refractivity contribution is 0.391. The zero-order chi connectivity index (χ0) is 10.7. The van der Waals surface area contributed by atoms with Gasteiger partial charge < -0.3 is 9.63 Å². The Kier molecular flexibility index (Phi) is 2.97. The van der Waals surface area contributed by atoms with Crippen LogP contribution >= 0.6 is 11.8 Å². The Balaban J connectivity index is 1.96. The summed E-state index contributed by atoms with van der Waals surface area (Å²) >= 11 is 1.65. The second-order valence-corrected chi connectivity index (χ2v) is 4.27. The van der Waals surface area contributed by atoms with E-state index in [1.807, 2.05) is 25.1 Å². The topological polar surface area (TPSA) is 46.3 Å². The first kappa shape index (κ1) is 10.1. The van der Waals surface area contributed by atoms with Crippen LogP contribution in [0.4, 0.5) is 0 Å². The maximum atomic E-state index is 9.11. The SMILES string of the molecule is Cc1cc(CSc2ccc(O)cc2)on1. The van der Waals surface area contributed by atoms with Crippen molar-refractivity contribution in [1.29, 1.82) is 0 Å². The number of hydrogen-bond donors (Lipinski definition) is 1. The summed E-state index contributed by atoms with van der Waals surface area (Å²) < 4.78 is 5.09. The number of thioether (sulfide) groups is 1. The molecule has 1 heterocycles. The molecule has 0 aliphatic heterocycles. The van der Waals surface area contributed by atoms with Gasteiger partial charge in [0, 0.05) is 11.0 Å². The highest BCUT2D eigenvalue weighted by Crippen LogP contribution is 2.24. The lowest BCUT2D eigenvalue weighted by Gasteiger charge is -1.98. The zero-order valence-electron chi connectivity index (χ0n) is 8.30. The zero-order valence-corrected chi connectivity index (χ0v) is 9.12. The van der Waals surface area contributed by atoms with Crippen molar-refractivity contribution in [2.45, 2.75) is 17.6 Å². The maximum absolute atomic E-state index is 9.11. The van der Waals surface area contributed by atoms with Crippen LogP contribution in [0.25, 0.3) is 0 Å². The van der Waals surface area contributed by atoms with E-state index in [0.717, 1.165) is 22.1 Å². The fraction of sp³-hybridized carbons (Fsp3) is 0.182. The van der Waals surface area contributed by atoms with Gasteiger partial charge in [0.15, 0.2) is 0 Å². The van der Waals surface area contributed by atoms with Gasteiger partial charge in [-0.15, -0.1) is 11.8 Å². The number of aromatic nitrogens is 1. The van der Waals surface area contributed by atoms with E-state index in [0.29, 0.717) is 0 Å². The average molecular weight is 221 g/mol. The first-order valence-electron chi connectivity index (χ1n) is 4.58. The Morgan fingerprint density at radius 3 is 2.67 bits per heavy atom. The van der Waals surface area contributed by atoms with E-state index in [2.05, 4.69) is 5.16 Å². The number of phenolic OH excluding ortho intramolecular Hbond substituents is 1. The van der Waals surface area contributed by atoms with E-state index in [1.165, 1.54) is 0 Å². The highest BCUT2D eigenvalue weighted by atomic mass is 32.2. The van der Waals surface area contributed by atoms with E-state index in [9.17, 15) is 0 Å². The second kappa shape index (κ2) is 4.40. The summed E-state index contributed by atoms with van der Waals surface area (Å²) in [5, 5.41) is 12.9. The summed E-state index contributed by atoms with van der Waals surface area (Å²) in [6, 6.07) is 9.03. The Labute approximate surface area is 92.1 Å². The van der Waals surface area contributed by atoms with Crippen LogP contribution in [0.3, 0.4) is 0 Å². The molecule has 1 N–H and O–H groups in total. The first-order valence-corrected chi connectivity index (χ1v) is 5.56. The number of aromatic hydroxyl groups is 1. The van der Waals surface area contributed by atoms with E-state index >= 15 is 0 Å². The van der Waals surface area contributed by atoms with Crippen LogP contribution < -0.4 is 0 Å². The van der Waals surface area contributed by atoms with Gasteiger partial charge in [-0.05, 0) is 31.2 Å². The molecule has 3 nitrogen and oxygen atoms in total. The standard InChI is InChI=1S/C11H11NO2S/c1-8-6-10(14-12-8)7-15-11-4-2-9(13)3-5-11/h2-6,13H,7H2,1H3. The molecule has 0 atom stereocenters. The third-order valence-electron chi connectivity index (χ3n) is 1.89. The number of rotatable bonds is 3. The summed E-state index contributed by atoms with van der Waals surface area (Å²) in [5.41, 5.74) is 0.899. The lowest BCUT2D eigenvalue weighted by Crippen LogP contribution is -1.75. The molecule has 2 rings (SSSR count). The second-order valence-electron chi connectivity index (χ2n) is 3.22. The van der Waals surface area contributed by atoms with Gasteiger partial charge in [0.1, 0.15) is 11.5 Å². The van der Waals surface area contributed by atoms with Crippen molar-refractivity contribution < 1.29 is 9.63 Å². The molecular weight excluding hydrogens is 210 g/mol. The monoisotopic (exact) mass is 221 g/mol. The Morgan fingerprint density at radius 2 is 2.07 bits per heavy atom. The molecule has 1 aromatic carbocycles. The molecule has 78 valence electrons. The molecule has 0 bridgehead atoms. The number of hydrogen-bond acceptors (Lipinski definition) is 4. The highest BCUT2D eigenvalue weighted by molar-refractivity contribution is 7.98. The molecule has 0 fully saturated rings. The minimum absolute atomic E-state index is 0.287. The van der Waals surface area contributed by atoms with Crippen molar-refractivity contribution in [3.63, 3.8) is 0 Å². The van der Waals surface area contributed by atoms with Gasteiger partial charge in [-0.2, -0.15) is 0 Å². The summed E-state index contributed by atoms with van der Waals surface area (Å²) in [4.78, 5) is 1.10. The fourth-order valence-electron chi connectivity index (χ4n) is 1.18. The van der Waals surface area contributed by atoms with Gasteiger partial charge in [0.25, 0.3) is 0 Å². The number of aryl methyl sites for hydroxylation is 1. The molecule has 15 heavy (non-hydrogen) atoms. The molecule has 0 radical (unpaired) electrons. The number of nitrogens with zero attached hydrogens (tertiary/aromatic N) is 1. The lowest BCUT2D eigenvalue weighted by atomic mass is 10.3. The summed E-state index contributed by atoms with van der Waals surface area (Å²) in [6.45, 7) is 1.90. The van der Waals surface area contributed by atoms with Crippen LogP contribution in [-0.4, -0.2) is 10.3 Å². The third-order valence-corrected chi connectivity index (χ3v) is 2.93. The average Bonchev–Trinajstić information content (AvgIpc) is 2.64. The molecule has 0 aliphatic rings. The van der Waals surface area contributed by atoms with Crippen molar-refractivity contribution in [3.8, 4) is 5.75 Å². The molecule has 4 heteroatoms. The number of phenols is 1. The van der Waals surface area contributed by atoms with Crippen LogP contribution in [0.15, 0.2) is 39.8 Å². The van der Waals surface area contributed by atoms with E-state index in [-0.39, 0.29) is 5.75 Å². The van der Waals surface area contributed by atoms with Crippen molar-refractivity contribution in [2.24, 2.45) is 0 Å². The molecular formula is C11H11NO2S. The first-order chi connectivity index (χ1) is 7.24. The maximum Gasteiger partial charge on any atom is 0.147 e. The normalized spacial score (nSPS) is 10.5. The smallest absolute Gasteiger partial charge is 0.147 e. The van der Waals surface area contributed by atoms with Gasteiger partial charge in [0.05, 0.1) is 11.4 Å². The van der Waals surface area contributed by atoms with Gasteiger partial charge in [-0.3, -0.25) is 0 Å². The van der Waals surface area contributed by atoms with Crippen molar-refractivity contribution in [1.82, 2.24) is 5.16 Å². The van der Waals surface area contributed by atoms with E-state index in [1.54, 1.807) is 23.9 Å². The Bertz CT molecular complexity index is 436. The molecule has 0 saturated heterocycles. The van der Waals surface area contributed by atoms with Crippen molar-refractivity contribution in [2.75, 3.05) is 0 Å². The molecule has 0 saturated carbocycles. The summed E-state index contributed by atoms with van der Waals surface area (Å²) in [7, 11) is 0. The Hall–Kier alpha value is -1.42. The summed E-state index contributed by atoms with van der Waals surface area (Å²) in [6.07, 6.45) is 0. The molecule has 2 aromatic rings. The molecule has 0 spiro atoms. The van der Waals surface area contributed by atoms with E-state index < -0.39 is 0 Å². The predicted molar refractivity (Wildman–Crippen MR) is 58.9 cm³/mol. The van der Waals surface area contributed by atoms with Crippen LogP contribution in [0.5, 0.6) is 5.75 Å². The highest BCUT2D eigenvalue weighted by Gasteiger charge is 2.01. The molecule has 0 amide bonds. The van der Waals surface area contributed by atoms with Gasteiger partial charge in [0.2, 0.25) is 0 Å². The van der Waals surface area contributed by atoms with Crippen LogP contribution in [0.1, 0.15) is 11.5 Å². The molecule has 1 aromatic heterocycles. The largest absolute Gasteiger partial charge is 0.508 e. The number of benzene rings is 1. The fourth-order valence-corrected chi connectivity index (χ4v) is 1.95. The minimum atomic E-state index is 0.287.